The van der Waals surface area contributed by atoms with Crippen LogP contribution in [0.1, 0.15) is 51.5 Å². The van der Waals surface area contributed by atoms with Crippen LogP contribution >= 0.6 is 24.2 Å². The number of rotatable bonds is 6. The highest BCUT2D eigenvalue weighted by molar-refractivity contribution is 7.91. The lowest BCUT2D eigenvalue weighted by molar-refractivity contribution is 0.291. The molecule has 0 aromatic carbocycles. The number of nitrogens with two attached hydrogens (primary N) is 1. The van der Waals surface area contributed by atoms with Gasteiger partial charge in [0.15, 0.2) is 21.6 Å². The van der Waals surface area contributed by atoms with Crippen molar-refractivity contribution < 1.29 is 17.9 Å². The molecule has 1 atom stereocenters. The van der Waals surface area contributed by atoms with Crippen molar-refractivity contribution in [2.45, 2.75) is 56.8 Å². The second kappa shape index (κ2) is 9.63. The van der Waals surface area contributed by atoms with Crippen molar-refractivity contribution in [1.82, 2.24) is 9.03 Å². The number of aryl methyl sites for hydroxylation is 1. The molecule has 0 aliphatic heterocycles. The van der Waals surface area contributed by atoms with E-state index in [0.29, 0.717) is 12.2 Å². The number of furan rings is 1. The first-order valence-electron chi connectivity index (χ1n) is 9.49. The molecule has 0 saturated heterocycles. The Balaban J connectivity index is 2.41. The van der Waals surface area contributed by atoms with Crippen LogP contribution in [-0.2, 0) is 10.0 Å². The van der Waals surface area contributed by atoms with E-state index in [0.717, 1.165) is 16.9 Å². The summed E-state index contributed by atoms with van der Waals surface area (Å²) in [6.07, 6.45) is 2.27. The number of aromatic hydroxyl groups is 1. The molecule has 172 valence electrons. The van der Waals surface area contributed by atoms with Gasteiger partial charge in [0.05, 0.1) is 6.26 Å². The maximum Gasteiger partial charge on any atom is 0.256 e. The number of thiol groups is 1. The average molecular weight is 488 g/mol. The highest BCUT2D eigenvalue weighted by Crippen LogP contribution is 2.41. The van der Waals surface area contributed by atoms with Gasteiger partial charge in [-0.3, -0.25) is 4.99 Å². The Morgan fingerprint density at radius 2 is 2.10 bits per heavy atom. The summed E-state index contributed by atoms with van der Waals surface area (Å²) >= 11 is 4.90. The Bertz CT molecular complexity index is 1080. The van der Waals surface area contributed by atoms with Gasteiger partial charge >= 0.3 is 0 Å². The van der Waals surface area contributed by atoms with Gasteiger partial charge in [0.1, 0.15) is 17.5 Å². The van der Waals surface area contributed by atoms with Crippen LogP contribution in [0.5, 0.6) is 5.75 Å². The topological polar surface area (TPSA) is 134 Å². The van der Waals surface area contributed by atoms with Crippen LogP contribution in [0, 0.1) is 6.92 Å². The molecular formula is C19H29N5O4S3. The van der Waals surface area contributed by atoms with Gasteiger partial charge in [0.2, 0.25) is 0 Å². The van der Waals surface area contributed by atoms with Gasteiger partial charge in [-0.05, 0) is 45.7 Å². The van der Waals surface area contributed by atoms with Gasteiger partial charge in [0, 0.05) is 18.0 Å². The largest absolute Gasteiger partial charge is 0.504 e. The van der Waals surface area contributed by atoms with E-state index in [-0.39, 0.29) is 27.6 Å². The summed E-state index contributed by atoms with van der Waals surface area (Å²) in [6.45, 7) is 9.14. The fourth-order valence-electron chi connectivity index (χ4n) is 2.55. The number of nitrogens with one attached hydrogen (secondary N) is 1. The highest BCUT2D eigenvalue weighted by Gasteiger charge is 2.34. The molecule has 2 aromatic rings. The minimum absolute atomic E-state index is 0.0396. The van der Waals surface area contributed by atoms with Gasteiger partial charge in [0.25, 0.3) is 10.0 Å². The Kier molecular flexibility index (Phi) is 7.84. The maximum atomic E-state index is 12.9. The van der Waals surface area contributed by atoms with Crippen LogP contribution < -0.4 is 10.5 Å². The summed E-state index contributed by atoms with van der Waals surface area (Å²) in [5.74, 6) is 0.325. The second-order valence-electron chi connectivity index (χ2n) is 7.94. The van der Waals surface area contributed by atoms with Gasteiger partial charge in [-0.25, -0.2) is 13.4 Å². The summed E-state index contributed by atoms with van der Waals surface area (Å²) in [5.41, 5.74) is 6.46. The molecular weight excluding hydrogens is 458 g/mol. The van der Waals surface area contributed by atoms with E-state index in [1.807, 2.05) is 19.9 Å². The molecule has 0 radical (unpaired) electrons. The fraction of sp³-hybridized carbons (Fsp3) is 0.474. The van der Waals surface area contributed by atoms with Gasteiger partial charge < -0.3 is 20.0 Å². The molecule has 0 amide bonds. The molecule has 9 nitrogen and oxygen atoms in total. The molecule has 0 bridgehead atoms. The van der Waals surface area contributed by atoms with Crippen LogP contribution in [0.25, 0.3) is 0 Å². The van der Waals surface area contributed by atoms with E-state index >= 15 is 0 Å². The van der Waals surface area contributed by atoms with Crippen LogP contribution in [0.2, 0.25) is 0 Å². The standard InChI is InChI=1S/C19H29N5O4S3/c1-7-12(14-8-11(2)9-28-14)21-16(20)17(23-29)22-13-10-30-18(15(13)25)31(26,27)24(6)19(3,4)5/h8-10,12,25,29H,7H2,1-6H3,(H2,20,21)(H,22,23)/t12-/m1/s1. The summed E-state index contributed by atoms with van der Waals surface area (Å²) in [6, 6.07) is 1.55. The number of amidine groups is 2. The Hall–Kier alpha value is -2.02. The first-order valence-corrected chi connectivity index (χ1v) is 12.3. The molecule has 0 fully saturated rings. The van der Waals surface area contributed by atoms with Crippen LogP contribution in [0.4, 0.5) is 5.69 Å². The number of hydrogen-bond donors (Lipinski definition) is 4. The lowest BCUT2D eigenvalue weighted by atomic mass is 10.1. The predicted octanol–water partition coefficient (Wildman–Crippen LogP) is 3.75. The zero-order chi connectivity index (χ0) is 23.6. The summed E-state index contributed by atoms with van der Waals surface area (Å²) in [7, 11) is -2.44. The summed E-state index contributed by atoms with van der Waals surface area (Å²) < 4.78 is 34.8. The van der Waals surface area contributed by atoms with E-state index in [9.17, 15) is 13.5 Å². The number of sulfonamides is 1. The zero-order valence-corrected chi connectivity index (χ0v) is 20.9. The summed E-state index contributed by atoms with van der Waals surface area (Å²) in [5, 5.41) is 12.0. The molecule has 0 aliphatic carbocycles. The number of nitrogens with zero attached hydrogens (tertiary/aromatic N) is 3. The third-order valence-corrected chi connectivity index (χ3v) is 8.41. The fourth-order valence-corrected chi connectivity index (χ4v) is 5.59. The first-order chi connectivity index (χ1) is 14.3. The first kappa shape index (κ1) is 25.2. The third-order valence-electron chi connectivity index (χ3n) is 4.59. The van der Waals surface area contributed by atoms with Crippen LogP contribution in [-0.4, -0.2) is 42.1 Å². The molecule has 31 heavy (non-hydrogen) atoms. The molecule has 4 N–H and O–H groups in total. The van der Waals surface area contributed by atoms with E-state index in [1.165, 1.54) is 16.7 Å². The monoisotopic (exact) mass is 487 g/mol. The minimum atomic E-state index is -3.91. The minimum Gasteiger partial charge on any atom is -0.504 e. The predicted molar refractivity (Wildman–Crippen MR) is 128 cm³/mol. The average Bonchev–Trinajstić information content (AvgIpc) is 3.28. The van der Waals surface area contributed by atoms with Crippen molar-refractivity contribution in [2.75, 3.05) is 7.05 Å². The van der Waals surface area contributed by atoms with Crippen molar-refractivity contribution in [1.29, 1.82) is 0 Å². The number of thiophene rings is 1. The summed E-state index contributed by atoms with van der Waals surface area (Å²) in [4.78, 5) is 8.68. The Morgan fingerprint density at radius 1 is 1.45 bits per heavy atom. The zero-order valence-electron chi connectivity index (χ0n) is 18.4. The molecule has 0 aliphatic rings. The van der Waals surface area contributed by atoms with E-state index in [1.54, 1.807) is 27.0 Å². The normalized spacial score (nSPS) is 14.8. The third kappa shape index (κ3) is 5.62. The molecule has 0 saturated carbocycles. The van der Waals surface area contributed by atoms with E-state index in [2.05, 4.69) is 27.5 Å². The quantitative estimate of drug-likeness (QED) is 0.279. The van der Waals surface area contributed by atoms with Crippen molar-refractivity contribution in [2.24, 2.45) is 15.7 Å². The van der Waals surface area contributed by atoms with Crippen molar-refractivity contribution in [3.63, 3.8) is 0 Å². The van der Waals surface area contributed by atoms with Gasteiger partial charge in [-0.15, -0.1) is 11.3 Å². The molecule has 2 rings (SSSR count). The van der Waals surface area contributed by atoms with Crippen LogP contribution in [0.3, 0.4) is 0 Å². The molecule has 12 heteroatoms. The van der Waals surface area contributed by atoms with Crippen molar-refractivity contribution >= 4 is 51.5 Å². The number of aliphatic imine (C=N–C) groups is 2. The molecule has 0 unspecified atom stereocenters. The van der Waals surface area contributed by atoms with Crippen molar-refractivity contribution in [3.05, 3.63) is 29.0 Å². The SMILES string of the molecule is CC[C@@H](N=C(N)C(=Nc1csc(S(=O)(=O)N(C)C(C)(C)C)c1O)NS)c1cc(C)co1. The lowest BCUT2D eigenvalue weighted by Crippen LogP contribution is -2.42. The molecule has 2 heterocycles. The lowest BCUT2D eigenvalue weighted by Gasteiger charge is -2.30. The number of hydrogen-bond acceptors (Lipinski definition) is 8. The Labute approximate surface area is 192 Å². The smallest absolute Gasteiger partial charge is 0.256 e. The van der Waals surface area contributed by atoms with E-state index in [4.69, 9.17) is 10.2 Å². The maximum absolute atomic E-state index is 12.9. The van der Waals surface area contributed by atoms with Gasteiger partial charge in [-0.1, -0.05) is 19.7 Å². The Morgan fingerprint density at radius 3 is 2.58 bits per heavy atom. The molecule has 0 spiro atoms. The molecule has 2 aromatic heterocycles. The van der Waals surface area contributed by atoms with Crippen molar-refractivity contribution in [3.8, 4) is 5.75 Å². The second-order valence-corrected chi connectivity index (χ2v) is 11.2. The van der Waals surface area contributed by atoms with Crippen LogP contribution in [0.15, 0.2) is 36.3 Å². The van der Waals surface area contributed by atoms with E-state index < -0.39 is 21.3 Å². The highest BCUT2D eigenvalue weighted by atomic mass is 32.2. The van der Waals surface area contributed by atoms with Gasteiger partial charge in [-0.2, -0.15) is 4.31 Å².